The molecule has 0 aromatic heterocycles. The first-order chi connectivity index (χ1) is 13.1. The molecule has 0 atom stereocenters. The van der Waals surface area contributed by atoms with Gasteiger partial charge in [0, 0.05) is 23.6 Å². The van der Waals surface area contributed by atoms with Gasteiger partial charge in [-0.3, -0.25) is 9.59 Å². The number of benzene rings is 3. The van der Waals surface area contributed by atoms with Crippen molar-refractivity contribution in [1.29, 1.82) is 0 Å². The van der Waals surface area contributed by atoms with E-state index in [-0.39, 0.29) is 0 Å². The van der Waals surface area contributed by atoms with Crippen LogP contribution in [0, 0.1) is 6.92 Å². The van der Waals surface area contributed by atoms with Crippen LogP contribution in [0.15, 0.2) is 78.9 Å². The predicted molar refractivity (Wildman–Crippen MR) is 108 cm³/mol. The zero-order chi connectivity index (χ0) is 19.1. The predicted octanol–water partition coefficient (Wildman–Crippen LogP) is 3.99. The standard InChI is InChI=1S/C22H21N3O2/c1-16-7-9-17(10-8-16)15-23-21(26)22(27)25-20-13-11-19(12-14-20)24-18-5-3-2-4-6-18/h2-14,24H,15H2,1H3,(H,23,26)(H,25,27). The van der Waals surface area contributed by atoms with E-state index in [0.29, 0.717) is 12.2 Å². The molecule has 0 unspecified atom stereocenters. The van der Waals surface area contributed by atoms with Crippen LogP contribution in [-0.4, -0.2) is 11.8 Å². The lowest BCUT2D eigenvalue weighted by molar-refractivity contribution is -0.136. The summed E-state index contributed by atoms with van der Waals surface area (Å²) in [4.78, 5) is 24.0. The van der Waals surface area contributed by atoms with Gasteiger partial charge >= 0.3 is 11.8 Å². The first kappa shape index (κ1) is 18.2. The Morgan fingerprint density at radius 3 is 1.96 bits per heavy atom. The molecule has 0 bridgehead atoms. The normalized spacial score (nSPS) is 10.1. The van der Waals surface area contributed by atoms with E-state index < -0.39 is 11.8 Å². The van der Waals surface area contributed by atoms with Gasteiger partial charge in [-0.15, -0.1) is 0 Å². The third-order valence-electron chi connectivity index (χ3n) is 3.99. The minimum Gasteiger partial charge on any atom is -0.356 e. The molecule has 0 aliphatic rings. The van der Waals surface area contributed by atoms with Crippen molar-refractivity contribution < 1.29 is 9.59 Å². The minimum absolute atomic E-state index is 0.312. The van der Waals surface area contributed by atoms with E-state index in [4.69, 9.17) is 0 Å². The minimum atomic E-state index is -0.689. The van der Waals surface area contributed by atoms with Crippen molar-refractivity contribution >= 4 is 28.9 Å². The van der Waals surface area contributed by atoms with Gasteiger partial charge in [0.05, 0.1) is 0 Å². The number of hydrogen-bond donors (Lipinski definition) is 3. The molecule has 0 aliphatic carbocycles. The average Bonchev–Trinajstić information content (AvgIpc) is 2.69. The Balaban J connectivity index is 1.51. The Labute approximate surface area is 158 Å². The number of rotatable bonds is 5. The Morgan fingerprint density at radius 1 is 0.704 bits per heavy atom. The molecule has 0 heterocycles. The number of carbonyl (C=O) groups is 2. The molecule has 0 saturated heterocycles. The highest BCUT2D eigenvalue weighted by molar-refractivity contribution is 6.39. The molecule has 27 heavy (non-hydrogen) atoms. The van der Waals surface area contributed by atoms with Crippen LogP contribution in [-0.2, 0) is 16.1 Å². The lowest BCUT2D eigenvalue weighted by atomic mass is 10.1. The van der Waals surface area contributed by atoms with Crippen molar-refractivity contribution in [3.05, 3.63) is 90.0 Å². The number of aryl methyl sites for hydroxylation is 1. The first-order valence-electron chi connectivity index (χ1n) is 8.67. The highest BCUT2D eigenvalue weighted by Gasteiger charge is 2.13. The molecule has 0 aliphatic heterocycles. The molecule has 0 fully saturated rings. The van der Waals surface area contributed by atoms with Crippen LogP contribution in [0.1, 0.15) is 11.1 Å². The molecule has 0 spiro atoms. The van der Waals surface area contributed by atoms with Crippen LogP contribution in [0.25, 0.3) is 0 Å². The van der Waals surface area contributed by atoms with E-state index in [1.54, 1.807) is 12.1 Å². The van der Waals surface area contributed by atoms with Crippen LogP contribution in [0.4, 0.5) is 17.1 Å². The van der Waals surface area contributed by atoms with E-state index >= 15 is 0 Å². The maximum atomic E-state index is 12.0. The second-order valence-corrected chi connectivity index (χ2v) is 6.19. The molecular formula is C22H21N3O2. The maximum Gasteiger partial charge on any atom is 0.313 e. The molecule has 3 N–H and O–H groups in total. The molecular weight excluding hydrogens is 338 g/mol. The summed E-state index contributed by atoms with van der Waals surface area (Å²) in [6.07, 6.45) is 0. The van der Waals surface area contributed by atoms with E-state index in [1.807, 2.05) is 73.7 Å². The zero-order valence-corrected chi connectivity index (χ0v) is 15.0. The van der Waals surface area contributed by atoms with Crippen LogP contribution in [0.5, 0.6) is 0 Å². The summed E-state index contributed by atoms with van der Waals surface area (Å²) in [5, 5.41) is 8.48. The van der Waals surface area contributed by atoms with Gasteiger partial charge in [-0.2, -0.15) is 0 Å². The SMILES string of the molecule is Cc1ccc(CNC(=O)C(=O)Nc2ccc(Nc3ccccc3)cc2)cc1. The van der Waals surface area contributed by atoms with Gasteiger partial charge in [0.1, 0.15) is 0 Å². The smallest absolute Gasteiger partial charge is 0.313 e. The van der Waals surface area contributed by atoms with Gasteiger partial charge in [-0.1, -0.05) is 48.0 Å². The summed E-state index contributed by atoms with van der Waals surface area (Å²) in [5.74, 6) is -1.35. The van der Waals surface area contributed by atoms with Gasteiger partial charge in [0.2, 0.25) is 0 Å². The summed E-state index contributed by atoms with van der Waals surface area (Å²) in [5.41, 5.74) is 4.52. The van der Waals surface area contributed by atoms with Gasteiger partial charge in [0.25, 0.3) is 0 Å². The van der Waals surface area contributed by atoms with E-state index in [9.17, 15) is 9.59 Å². The largest absolute Gasteiger partial charge is 0.356 e. The Hall–Kier alpha value is -3.60. The van der Waals surface area contributed by atoms with Crippen molar-refractivity contribution in [2.45, 2.75) is 13.5 Å². The van der Waals surface area contributed by atoms with Crippen LogP contribution < -0.4 is 16.0 Å². The second kappa shape index (κ2) is 8.67. The molecule has 5 nitrogen and oxygen atoms in total. The molecule has 3 aromatic carbocycles. The fraction of sp³-hybridized carbons (Fsp3) is 0.0909. The van der Waals surface area contributed by atoms with Gasteiger partial charge in [-0.25, -0.2) is 0 Å². The van der Waals surface area contributed by atoms with Crippen molar-refractivity contribution in [3.63, 3.8) is 0 Å². The summed E-state index contributed by atoms with van der Waals surface area (Å²) in [6, 6.07) is 24.7. The van der Waals surface area contributed by atoms with Gasteiger partial charge in [-0.05, 0) is 48.9 Å². The average molecular weight is 359 g/mol. The third-order valence-corrected chi connectivity index (χ3v) is 3.99. The fourth-order valence-corrected chi connectivity index (χ4v) is 2.48. The van der Waals surface area contributed by atoms with Crippen molar-refractivity contribution in [1.82, 2.24) is 5.32 Å². The van der Waals surface area contributed by atoms with Crippen molar-refractivity contribution in [2.75, 3.05) is 10.6 Å². The Kier molecular flexibility index (Phi) is 5.84. The third kappa shape index (κ3) is 5.44. The number of amides is 2. The van der Waals surface area contributed by atoms with Gasteiger partial charge in [0.15, 0.2) is 0 Å². The Bertz CT molecular complexity index is 905. The van der Waals surface area contributed by atoms with Crippen molar-refractivity contribution in [3.8, 4) is 0 Å². The summed E-state index contributed by atoms with van der Waals surface area (Å²) < 4.78 is 0. The summed E-state index contributed by atoms with van der Waals surface area (Å²) in [6.45, 7) is 2.31. The lowest BCUT2D eigenvalue weighted by Gasteiger charge is -2.09. The monoisotopic (exact) mass is 359 g/mol. The molecule has 2 amide bonds. The van der Waals surface area contributed by atoms with Crippen molar-refractivity contribution in [2.24, 2.45) is 0 Å². The number of para-hydroxylation sites is 1. The van der Waals surface area contributed by atoms with E-state index in [0.717, 1.165) is 22.5 Å². The number of anilines is 3. The number of nitrogens with one attached hydrogen (secondary N) is 3. The molecule has 3 rings (SSSR count). The molecule has 136 valence electrons. The topological polar surface area (TPSA) is 70.2 Å². The maximum absolute atomic E-state index is 12.0. The zero-order valence-electron chi connectivity index (χ0n) is 15.0. The van der Waals surface area contributed by atoms with E-state index in [1.165, 1.54) is 0 Å². The number of carbonyl (C=O) groups excluding carboxylic acids is 2. The highest BCUT2D eigenvalue weighted by Crippen LogP contribution is 2.18. The Morgan fingerprint density at radius 2 is 1.30 bits per heavy atom. The fourth-order valence-electron chi connectivity index (χ4n) is 2.48. The molecule has 0 saturated carbocycles. The number of hydrogen-bond acceptors (Lipinski definition) is 3. The van der Waals surface area contributed by atoms with Gasteiger partial charge < -0.3 is 16.0 Å². The molecule has 0 radical (unpaired) electrons. The van der Waals surface area contributed by atoms with Crippen LogP contribution in [0.3, 0.4) is 0 Å². The summed E-state index contributed by atoms with van der Waals surface area (Å²) >= 11 is 0. The highest BCUT2D eigenvalue weighted by atomic mass is 16.2. The van der Waals surface area contributed by atoms with Crippen LogP contribution in [0.2, 0.25) is 0 Å². The second-order valence-electron chi connectivity index (χ2n) is 6.19. The first-order valence-corrected chi connectivity index (χ1v) is 8.67. The van der Waals surface area contributed by atoms with E-state index in [2.05, 4.69) is 16.0 Å². The summed E-state index contributed by atoms with van der Waals surface area (Å²) in [7, 11) is 0. The molecule has 5 heteroatoms. The quantitative estimate of drug-likeness (QED) is 0.603. The molecule has 3 aromatic rings. The lowest BCUT2D eigenvalue weighted by Crippen LogP contribution is -2.34. The van der Waals surface area contributed by atoms with Crippen LogP contribution >= 0.6 is 0 Å².